The highest BCUT2D eigenvalue weighted by Gasteiger charge is 1.97. The zero-order chi connectivity index (χ0) is 9.26. The molecule has 1 aromatic carbocycles. The molecule has 0 radical (unpaired) electrons. The molecule has 0 fully saturated rings. The Labute approximate surface area is 81.9 Å². The summed E-state index contributed by atoms with van der Waals surface area (Å²) < 4.78 is 2.70. The monoisotopic (exact) mass is 190 g/mol. The number of hydrogen-bond acceptors (Lipinski definition) is 1. The van der Waals surface area contributed by atoms with Gasteiger partial charge in [-0.3, -0.25) is 4.57 Å². The second-order valence-corrected chi connectivity index (χ2v) is 3.33. The van der Waals surface area contributed by atoms with E-state index in [9.17, 15) is 0 Å². The molecule has 13 heavy (non-hydrogen) atoms. The Hall–Kier alpha value is -1.35. The SMILES string of the molecule is Cc1cn(-c2ccccc2)c(=S)[nH]1. The molecule has 0 aliphatic heterocycles. The quantitative estimate of drug-likeness (QED) is 0.686. The van der Waals surface area contributed by atoms with E-state index in [-0.39, 0.29) is 0 Å². The fourth-order valence-corrected chi connectivity index (χ4v) is 1.61. The standard InChI is InChI=1S/C10H10N2S/c1-8-7-12(10(13)11-8)9-5-3-2-4-6-9/h2-7H,1H3,(H,11,13). The number of H-pyrrole nitrogens is 1. The lowest BCUT2D eigenvalue weighted by atomic mass is 10.3. The molecule has 66 valence electrons. The number of aryl methyl sites for hydroxylation is 1. The van der Waals surface area contributed by atoms with E-state index in [1.54, 1.807) is 0 Å². The van der Waals surface area contributed by atoms with Gasteiger partial charge in [0.25, 0.3) is 0 Å². The molecule has 2 nitrogen and oxygen atoms in total. The summed E-state index contributed by atoms with van der Waals surface area (Å²) in [6, 6.07) is 10.1. The maximum atomic E-state index is 5.16. The van der Waals surface area contributed by atoms with Crippen LogP contribution < -0.4 is 0 Å². The molecule has 3 heteroatoms. The Morgan fingerprint density at radius 3 is 2.46 bits per heavy atom. The fourth-order valence-electron chi connectivity index (χ4n) is 1.29. The Morgan fingerprint density at radius 1 is 1.23 bits per heavy atom. The Bertz CT molecular complexity index is 453. The molecule has 0 bridgehead atoms. The molecule has 0 atom stereocenters. The normalized spacial score (nSPS) is 10.2. The van der Waals surface area contributed by atoms with Gasteiger partial charge >= 0.3 is 0 Å². The van der Waals surface area contributed by atoms with Crippen molar-refractivity contribution < 1.29 is 0 Å². The van der Waals surface area contributed by atoms with Gasteiger partial charge in [-0.15, -0.1) is 0 Å². The first-order valence-corrected chi connectivity index (χ1v) is 4.52. The lowest BCUT2D eigenvalue weighted by Gasteiger charge is -1.99. The van der Waals surface area contributed by atoms with Crippen molar-refractivity contribution in [2.45, 2.75) is 6.92 Å². The summed E-state index contributed by atoms with van der Waals surface area (Å²) in [6.07, 6.45) is 2.00. The van der Waals surface area contributed by atoms with Crippen LogP contribution >= 0.6 is 12.2 Å². The van der Waals surface area contributed by atoms with Crippen molar-refractivity contribution in [1.82, 2.24) is 9.55 Å². The van der Waals surface area contributed by atoms with Crippen molar-refractivity contribution >= 4 is 12.2 Å². The Morgan fingerprint density at radius 2 is 1.92 bits per heavy atom. The molecule has 0 saturated carbocycles. The van der Waals surface area contributed by atoms with Crippen LogP contribution in [0.3, 0.4) is 0 Å². The van der Waals surface area contributed by atoms with Gasteiger partial charge in [0.15, 0.2) is 4.77 Å². The molecule has 0 unspecified atom stereocenters. The van der Waals surface area contributed by atoms with Gasteiger partial charge in [-0.25, -0.2) is 0 Å². The lowest BCUT2D eigenvalue weighted by Crippen LogP contribution is -1.90. The van der Waals surface area contributed by atoms with Crippen LogP contribution in [-0.4, -0.2) is 9.55 Å². The highest BCUT2D eigenvalue weighted by Crippen LogP contribution is 2.08. The number of aromatic amines is 1. The van der Waals surface area contributed by atoms with Gasteiger partial charge in [0.05, 0.1) is 0 Å². The van der Waals surface area contributed by atoms with Gasteiger partial charge in [-0.1, -0.05) is 18.2 Å². The summed E-state index contributed by atoms with van der Waals surface area (Å²) in [5.74, 6) is 0. The summed E-state index contributed by atoms with van der Waals surface area (Å²) >= 11 is 5.16. The fraction of sp³-hybridized carbons (Fsp3) is 0.100. The maximum absolute atomic E-state index is 5.16. The summed E-state index contributed by atoms with van der Waals surface area (Å²) in [7, 11) is 0. The number of nitrogens with zero attached hydrogens (tertiary/aromatic N) is 1. The summed E-state index contributed by atoms with van der Waals surface area (Å²) in [5, 5.41) is 0. The van der Waals surface area contributed by atoms with E-state index in [2.05, 4.69) is 4.98 Å². The molecule has 2 rings (SSSR count). The molecule has 0 aliphatic carbocycles. The molecule has 0 spiro atoms. The van der Waals surface area contributed by atoms with Crippen LogP contribution in [0.25, 0.3) is 5.69 Å². The molecule has 0 amide bonds. The van der Waals surface area contributed by atoms with Gasteiger partial charge in [0.1, 0.15) is 0 Å². The van der Waals surface area contributed by atoms with Crippen LogP contribution in [0.4, 0.5) is 0 Å². The van der Waals surface area contributed by atoms with Crippen LogP contribution in [-0.2, 0) is 0 Å². The van der Waals surface area contributed by atoms with E-state index >= 15 is 0 Å². The van der Waals surface area contributed by atoms with Crippen molar-refractivity contribution in [1.29, 1.82) is 0 Å². The topological polar surface area (TPSA) is 20.7 Å². The molecule has 1 heterocycles. The van der Waals surface area contributed by atoms with Crippen molar-refractivity contribution in [3.8, 4) is 5.69 Å². The van der Waals surface area contributed by atoms with Crippen molar-refractivity contribution in [2.24, 2.45) is 0 Å². The predicted molar refractivity (Wildman–Crippen MR) is 55.7 cm³/mol. The van der Waals surface area contributed by atoms with Gasteiger partial charge in [-0.2, -0.15) is 0 Å². The van der Waals surface area contributed by atoms with E-state index in [1.807, 2.05) is 48.0 Å². The van der Waals surface area contributed by atoms with Gasteiger partial charge in [-0.05, 0) is 31.3 Å². The summed E-state index contributed by atoms with van der Waals surface area (Å²) in [6.45, 7) is 2.00. The predicted octanol–water partition coefficient (Wildman–Crippen LogP) is 2.84. The number of benzene rings is 1. The first-order chi connectivity index (χ1) is 6.27. The van der Waals surface area contributed by atoms with E-state index < -0.39 is 0 Å². The van der Waals surface area contributed by atoms with Crippen molar-refractivity contribution in [2.75, 3.05) is 0 Å². The highest BCUT2D eigenvalue weighted by molar-refractivity contribution is 7.71. The number of nitrogens with one attached hydrogen (secondary N) is 1. The molecular formula is C10H10N2S. The molecule has 1 N–H and O–H groups in total. The van der Waals surface area contributed by atoms with Crippen LogP contribution in [0, 0.1) is 11.7 Å². The number of rotatable bonds is 1. The minimum atomic E-state index is 0.740. The zero-order valence-electron chi connectivity index (χ0n) is 7.32. The Balaban J connectivity index is 2.59. The van der Waals surface area contributed by atoms with E-state index in [0.717, 1.165) is 16.2 Å². The number of aromatic nitrogens is 2. The molecule has 1 aromatic heterocycles. The van der Waals surface area contributed by atoms with Crippen LogP contribution in [0.15, 0.2) is 36.5 Å². The Kier molecular flexibility index (Phi) is 2.02. The van der Waals surface area contributed by atoms with E-state index in [0.29, 0.717) is 0 Å². The van der Waals surface area contributed by atoms with Gasteiger partial charge in [0, 0.05) is 17.6 Å². The molecule has 0 aliphatic rings. The lowest BCUT2D eigenvalue weighted by molar-refractivity contribution is 1.03. The first kappa shape index (κ1) is 8.26. The minimum absolute atomic E-state index is 0.740. The van der Waals surface area contributed by atoms with Crippen LogP contribution in [0.1, 0.15) is 5.69 Å². The van der Waals surface area contributed by atoms with Gasteiger partial charge < -0.3 is 4.98 Å². The highest BCUT2D eigenvalue weighted by atomic mass is 32.1. The summed E-state index contributed by atoms with van der Waals surface area (Å²) in [4.78, 5) is 3.08. The van der Waals surface area contributed by atoms with Crippen LogP contribution in [0.2, 0.25) is 0 Å². The van der Waals surface area contributed by atoms with Crippen LogP contribution in [0.5, 0.6) is 0 Å². The average molecular weight is 190 g/mol. The molecule has 0 saturated heterocycles. The number of hydrogen-bond donors (Lipinski definition) is 1. The third-order valence-electron chi connectivity index (χ3n) is 1.88. The van der Waals surface area contributed by atoms with E-state index in [4.69, 9.17) is 12.2 Å². The van der Waals surface area contributed by atoms with E-state index in [1.165, 1.54) is 0 Å². The average Bonchev–Trinajstić information content (AvgIpc) is 2.47. The largest absolute Gasteiger partial charge is 0.335 e. The molecule has 2 aromatic rings. The third-order valence-corrected chi connectivity index (χ3v) is 2.18. The second-order valence-electron chi connectivity index (χ2n) is 2.95. The number of para-hydroxylation sites is 1. The van der Waals surface area contributed by atoms with Crippen molar-refractivity contribution in [3.63, 3.8) is 0 Å². The summed E-state index contributed by atoms with van der Waals surface area (Å²) in [5.41, 5.74) is 2.17. The first-order valence-electron chi connectivity index (χ1n) is 4.11. The van der Waals surface area contributed by atoms with Gasteiger partial charge in [0.2, 0.25) is 0 Å². The number of imidazole rings is 1. The third kappa shape index (κ3) is 1.55. The minimum Gasteiger partial charge on any atom is -0.335 e. The molecular weight excluding hydrogens is 180 g/mol. The zero-order valence-corrected chi connectivity index (χ0v) is 8.14. The van der Waals surface area contributed by atoms with Crippen molar-refractivity contribution in [3.05, 3.63) is 47.0 Å². The smallest absolute Gasteiger partial charge is 0.181 e. The second kappa shape index (κ2) is 3.18. The maximum Gasteiger partial charge on any atom is 0.181 e.